The molecule has 1 heterocycles. The smallest absolute Gasteiger partial charge is 0.269 e. The van der Waals surface area contributed by atoms with E-state index in [4.69, 9.17) is 5.10 Å². The number of carbonyl (C=O) groups excluding carboxylic acids is 2. The molecule has 0 aliphatic rings. The zero-order valence-corrected chi connectivity index (χ0v) is 22.2. The van der Waals surface area contributed by atoms with Crippen LogP contribution in [0.25, 0.3) is 5.69 Å². The highest BCUT2D eigenvalue weighted by Crippen LogP contribution is 2.27. The largest absolute Gasteiger partial charge is 0.329 e. The van der Waals surface area contributed by atoms with Gasteiger partial charge in [0.25, 0.3) is 11.6 Å². The summed E-state index contributed by atoms with van der Waals surface area (Å²) in [5, 5.41) is 18.7. The standard InChI is InChI=1S/C28H35N5O4/c1-6-7-10-17-31(27(35)21-13-15-22(16-14-21)33(36)37)19-26(34)29-25-18-24(28(3,4)5)30-32(25)23-12-9-8-11-20(23)2/h8-9,11-16,18H,6-7,10,17,19H2,1-5H3,(H,29,34). The molecule has 0 saturated carbocycles. The van der Waals surface area contributed by atoms with E-state index in [0.29, 0.717) is 17.9 Å². The molecule has 0 bridgehead atoms. The highest BCUT2D eigenvalue weighted by atomic mass is 16.6. The van der Waals surface area contributed by atoms with E-state index in [1.54, 1.807) is 4.68 Å². The molecule has 1 aromatic heterocycles. The van der Waals surface area contributed by atoms with Gasteiger partial charge in [0.05, 0.1) is 16.3 Å². The Kier molecular flexibility index (Phi) is 8.81. The first-order valence-electron chi connectivity index (χ1n) is 12.5. The minimum absolute atomic E-state index is 0.0917. The summed E-state index contributed by atoms with van der Waals surface area (Å²) in [6.07, 6.45) is 2.63. The van der Waals surface area contributed by atoms with Crippen LogP contribution in [-0.4, -0.2) is 44.5 Å². The molecule has 0 fully saturated rings. The van der Waals surface area contributed by atoms with E-state index in [1.165, 1.54) is 29.2 Å². The normalized spacial score (nSPS) is 11.3. The second-order valence-electron chi connectivity index (χ2n) is 10.1. The lowest BCUT2D eigenvalue weighted by molar-refractivity contribution is -0.384. The highest BCUT2D eigenvalue weighted by Gasteiger charge is 2.24. The van der Waals surface area contributed by atoms with Crippen LogP contribution in [0.4, 0.5) is 11.5 Å². The van der Waals surface area contributed by atoms with Crippen LogP contribution in [0, 0.1) is 17.0 Å². The van der Waals surface area contributed by atoms with Crippen molar-refractivity contribution < 1.29 is 14.5 Å². The third kappa shape index (κ3) is 7.03. The lowest BCUT2D eigenvalue weighted by atomic mass is 9.92. The Morgan fingerprint density at radius 1 is 1.08 bits per heavy atom. The first-order chi connectivity index (χ1) is 17.5. The first-order valence-corrected chi connectivity index (χ1v) is 12.5. The highest BCUT2D eigenvalue weighted by molar-refractivity contribution is 5.99. The van der Waals surface area contributed by atoms with E-state index in [9.17, 15) is 19.7 Å². The molecule has 1 N–H and O–H groups in total. The van der Waals surface area contributed by atoms with Crippen LogP contribution in [0.15, 0.2) is 54.6 Å². The lowest BCUT2D eigenvalue weighted by Gasteiger charge is -2.22. The average molecular weight is 506 g/mol. The van der Waals surface area contributed by atoms with Gasteiger partial charge >= 0.3 is 0 Å². The third-order valence-corrected chi connectivity index (χ3v) is 6.07. The molecule has 3 aromatic rings. The number of nitrogens with one attached hydrogen (secondary N) is 1. The molecule has 2 aromatic carbocycles. The first kappa shape index (κ1) is 27.6. The van der Waals surface area contributed by atoms with Gasteiger partial charge in [-0.2, -0.15) is 5.10 Å². The summed E-state index contributed by atoms with van der Waals surface area (Å²) in [6, 6.07) is 15.1. The Morgan fingerprint density at radius 3 is 2.35 bits per heavy atom. The van der Waals surface area contributed by atoms with Gasteiger partial charge in [-0.05, 0) is 37.1 Å². The van der Waals surface area contributed by atoms with Gasteiger partial charge in [-0.3, -0.25) is 19.7 Å². The molecule has 0 spiro atoms. The third-order valence-electron chi connectivity index (χ3n) is 6.07. The predicted molar refractivity (Wildman–Crippen MR) is 144 cm³/mol. The molecule has 0 atom stereocenters. The molecule has 0 saturated heterocycles. The van der Waals surface area contributed by atoms with E-state index in [0.717, 1.165) is 36.2 Å². The van der Waals surface area contributed by atoms with E-state index >= 15 is 0 Å². The van der Waals surface area contributed by atoms with E-state index in [1.807, 2.05) is 37.3 Å². The quantitative estimate of drug-likeness (QED) is 0.217. The van der Waals surface area contributed by atoms with Crippen LogP contribution < -0.4 is 5.32 Å². The SMILES string of the molecule is CCCCCN(CC(=O)Nc1cc(C(C)(C)C)nn1-c1ccccc1C)C(=O)c1ccc([N+](=O)[O-])cc1. The van der Waals surface area contributed by atoms with Gasteiger partial charge in [0.15, 0.2) is 0 Å². The average Bonchev–Trinajstić information content (AvgIpc) is 3.27. The number of benzene rings is 2. The van der Waals surface area contributed by atoms with Crippen LogP contribution in [0.3, 0.4) is 0 Å². The summed E-state index contributed by atoms with van der Waals surface area (Å²) in [4.78, 5) is 38.4. The fourth-order valence-corrected chi connectivity index (χ4v) is 3.89. The van der Waals surface area contributed by atoms with Crippen LogP contribution in [0.5, 0.6) is 0 Å². The van der Waals surface area contributed by atoms with Crippen LogP contribution in [-0.2, 0) is 10.2 Å². The molecule has 37 heavy (non-hydrogen) atoms. The number of carbonyl (C=O) groups is 2. The van der Waals surface area contributed by atoms with Crippen LogP contribution >= 0.6 is 0 Å². The van der Waals surface area contributed by atoms with Crippen molar-refractivity contribution in [3.8, 4) is 5.69 Å². The molecule has 0 aliphatic carbocycles. The van der Waals surface area contributed by atoms with Crippen molar-refractivity contribution in [2.24, 2.45) is 0 Å². The molecule has 196 valence electrons. The van der Waals surface area contributed by atoms with Gasteiger partial charge in [0.1, 0.15) is 12.4 Å². The van der Waals surface area contributed by atoms with Gasteiger partial charge < -0.3 is 10.2 Å². The number of hydrogen-bond acceptors (Lipinski definition) is 5. The van der Waals surface area contributed by atoms with E-state index in [-0.39, 0.29) is 29.5 Å². The Morgan fingerprint density at radius 2 is 1.76 bits per heavy atom. The summed E-state index contributed by atoms with van der Waals surface area (Å²) in [7, 11) is 0. The Labute approximate surface area is 217 Å². The molecular weight excluding hydrogens is 470 g/mol. The maximum Gasteiger partial charge on any atom is 0.269 e. The fraction of sp³-hybridized carbons (Fsp3) is 0.393. The summed E-state index contributed by atoms with van der Waals surface area (Å²) >= 11 is 0. The van der Waals surface area contributed by atoms with Crippen molar-refractivity contribution in [1.29, 1.82) is 0 Å². The maximum absolute atomic E-state index is 13.2. The Hall–Kier alpha value is -4.01. The van der Waals surface area contributed by atoms with Gasteiger partial charge in [-0.15, -0.1) is 0 Å². The van der Waals surface area contributed by atoms with Crippen molar-refractivity contribution >= 4 is 23.3 Å². The number of amides is 2. The summed E-state index contributed by atoms with van der Waals surface area (Å²) in [5.41, 5.74) is 2.67. The minimum atomic E-state index is -0.510. The second kappa shape index (κ2) is 11.8. The number of unbranched alkanes of at least 4 members (excludes halogenated alkanes) is 2. The molecule has 0 unspecified atom stereocenters. The fourth-order valence-electron chi connectivity index (χ4n) is 3.89. The van der Waals surface area contributed by atoms with Gasteiger partial charge in [0, 0.05) is 35.7 Å². The predicted octanol–water partition coefficient (Wildman–Crippen LogP) is 5.66. The number of non-ortho nitro benzene ring substituents is 1. The van der Waals surface area contributed by atoms with Crippen molar-refractivity contribution in [2.45, 2.75) is 59.3 Å². The Balaban J connectivity index is 1.86. The number of anilines is 1. The number of hydrogen-bond donors (Lipinski definition) is 1. The van der Waals surface area contributed by atoms with Crippen molar-refractivity contribution in [2.75, 3.05) is 18.4 Å². The van der Waals surface area contributed by atoms with E-state index in [2.05, 4.69) is 33.0 Å². The molecule has 3 rings (SSSR count). The van der Waals surface area contributed by atoms with Gasteiger partial charge in [0.2, 0.25) is 5.91 Å². The molecule has 9 heteroatoms. The topological polar surface area (TPSA) is 110 Å². The van der Waals surface area contributed by atoms with Crippen molar-refractivity contribution in [3.63, 3.8) is 0 Å². The number of aromatic nitrogens is 2. The number of nitrogens with zero attached hydrogens (tertiary/aromatic N) is 4. The monoisotopic (exact) mass is 505 g/mol. The molecule has 0 aliphatic heterocycles. The number of para-hydroxylation sites is 1. The second-order valence-corrected chi connectivity index (χ2v) is 10.1. The minimum Gasteiger partial charge on any atom is -0.329 e. The molecule has 9 nitrogen and oxygen atoms in total. The molecular formula is C28H35N5O4. The molecule has 2 amide bonds. The lowest BCUT2D eigenvalue weighted by Crippen LogP contribution is -2.39. The zero-order chi connectivity index (χ0) is 27.2. The maximum atomic E-state index is 13.2. The van der Waals surface area contributed by atoms with Gasteiger partial charge in [-0.25, -0.2) is 4.68 Å². The summed E-state index contributed by atoms with van der Waals surface area (Å²) in [5.74, 6) is -0.161. The summed E-state index contributed by atoms with van der Waals surface area (Å²) in [6.45, 7) is 10.5. The number of nitro groups is 1. The summed E-state index contributed by atoms with van der Waals surface area (Å²) < 4.78 is 1.73. The van der Waals surface area contributed by atoms with Crippen molar-refractivity contribution in [3.05, 3.63) is 81.5 Å². The van der Waals surface area contributed by atoms with Crippen LogP contribution in [0.2, 0.25) is 0 Å². The zero-order valence-electron chi connectivity index (χ0n) is 22.2. The Bertz CT molecular complexity index is 1260. The molecule has 0 radical (unpaired) electrons. The number of aryl methyl sites for hydroxylation is 1. The van der Waals surface area contributed by atoms with Crippen LogP contribution in [0.1, 0.15) is 68.6 Å². The number of nitro benzene ring substituents is 1. The van der Waals surface area contributed by atoms with Gasteiger partial charge in [-0.1, -0.05) is 58.7 Å². The number of rotatable bonds is 10. The van der Waals surface area contributed by atoms with E-state index < -0.39 is 4.92 Å². The van der Waals surface area contributed by atoms with Crippen molar-refractivity contribution in [1.82, 2.24) is 14.7 Å².